The Balaban J connectivity index is 2.79. The molecule has 0 aliphatic carbocycles. The van der Waals surface area contributed by atoms with Crippen LogP contribution in [0.3, 0.4) is 0 Å². The standard InChI is InChI=1S/C13H18F3N/c1-9-5-6-12(11(3)10(9)2)7-17(4)8-13(14,15)16/h5-6H,7-8H2,1-4H3. The Labute approximate surface area is 100 Å². The normalized spacial score (nSPS) is 12.2. The maximum absolute atomic E-state index is 12.2. The predicted octanol–water partition coefficient (Wildman–Crippen LogP) is 3.61. The number of alkyl halides is 3. The summed E-state index contributed by atoms with van der Waals surface area (Å²) in [6.45, 7) is 5.41. The third-order valence-corrected chi connectivity index (χ3v) is 3.06. The maximum atomic E-state index is 12.2. The van der Waals surface area contributed by atoms with Crippen LogP contribution in [0.15, 0.2) is 12.1 Å². The van der Waals surface area contributed by atoms with Gasteiger partial charge in [0.05, 0.1) is 6.54 Å². The lowest BCUT2D eigenvalue weighted by Crippen LogP contribution is -2.30. The van der Waals surface area contributed by atoms with Crippen molar-refractivity contribution >= 4 is 0 Å². The molecule has 0 heterocycles. The van der Waals surface area contributed by atoms with Crippen LogP contribution in [0.5, 0.6) is 0 Å². The predicted molar refractivity (Wildman–Crippen MR) is 63.0 cm³/mol. The maximum Gasteiger partial charge on any atom is 0.401 e. The summed E-state index contributed by atoms with van der Waals surface area (Å²) in [7, 11) is 1.49. The van der Waals surface area contributed by atoms with Crippen LogP contribution in [-0.2, 0) is 6.54 Å². The van der Waals surface area contributed by atoms with E-state index in [1.807, 2.05) is 32.9 Å². The van der Waals surface area contributed by atoms with E-state index in [0.29, 0.717) is 6.54 Å². The lowest BCUT2D eigenvalue weighted by atomic mass is 9.98. The van der Waals surface area contributed by atoms with E-state index in [2.05, 4.69) is 0 Å². The minimum absolute atomic E-state index is 0.326. The summed E-state index contributed by atoms with van der Waals surface area (Å²) in [6.07, 6.45) is -4.14. The average Bonchev–Trinajstić information content (AvgIpc) is 2.16. The Morgan fingerprint density at radius 1 is 1.06 bits per heavy atom. The zero-order valence-corrected chi connectivity index (χ0v) is 10.7. The van der Waals surface area contributed by atoms with Gasteiger partial charge in [0.1, 0.15) is 0 Å². The van der Waals surface area contributed by atoms with Crippen LogP contribution in [-0.4, -0.2) is 24.7 Å². The van der Waals surface area contributed by atoms with Crippen LogP contribution in [0, 0.1) is 20.8 Å². The van der Waals surface area contributed by atoms with Crippen molar-refractivity contribution in [2.45, 2.75) is 33.5 Å². The minimum atomic E-state index is -4.14. The number of rotatable bonds is 3. The van der Waals surface area contributed by atoms with Gasteiger partial charge in [0, 0.05) is 6.54 Å². The molecule has 0 saturated carbocycles. The van der Waals surface area contributed by atoms with Crippen LogP contribution < -0.4 is 0 Å². The molecule has 0 radical (unpaired) electrons. The molecule has 4 heteroatoms. The molecule has 1 aromatic carbocycles. The van der Waals surface area contributed by atoms with Crippen molar-refractivity contribution in [3.8, 4) is 0 Å². The van der Waals surface area contributed by atoms with E-state index >= 15 is 0 Å². The fraction of sp³-hybridized carbons (Fsp3) is 0.538. The Morgan fingerprint density at radius 2 is 1.65 bits per heavy atom. The topological polar surface area (TPSA) is 3.24 Å². The molecule has 17 heavy (non-hydrogen) atoms. The van der Waals surface area contributed by atoms with E-state index < -0.39 is 12.7 Å². The van der Waals surface area contributed by atoms with E-state index in [0.717, 1.165) is 16.7 Å². The van der Waals surface area contributed by atoms with Gasteiger partial charge in [-0.05, 0) is 50.1 Å². The quantitative estimate of drug-likeness (QED) is 0.786. The molecule has 0 N–H and O–H groups in total. The molecule has 0 unspecified atom stereocenters. The van der Waals surface area contributed by atoms with Gasteiger partial charge in [-0.2, -0.15) is 13.2 Å². The van der Waals surface area contributed by atoms with E-state index in [9.17, 15) is 13.2 Å². The zero-order valence-electron chi connectivity index (χ0n) is 10.7. The summed E-state index contributed by atoms with van der Waals surface area (Å²) in [4.78, 5) is 1.29. The molecule has 1 nitrogen and oxygen atoms in total. The molecule has 0 aliphatic heterocycles. The van der Waals surface area contributed by atoms with Crippen molar-refractivity contribution in [2.75, 3.05) is 13.6 Å². The third-order valence-electron chi connectivity index (χ3n) is 3.06. The minimum Gasteiger partial charge on any atom is -0.294 e. The smallest absolute Gasteiger partial charge is 0.294 e. The number of nitrogens with zero attached hydrogens (tertiary/aromatic N) is 1. The zero-order chi connectivity index (χ0) is 13.2. The molecule has 0 fully saturated rings. The molecule has 0 bridgehead atoms. The molecule has 96 valence electrons. The molecular weight excluding hydrogens is 227 g/mol. The summed E-state index contributed by atoms with van der Waals surface area (Å²) in [5.74, 6) is 0. The molecule has 0 atom stereocenters. The van der Waals surface area contributed by atoms with Crippen molar-refractivity contribution in [2.24, 2.45) is 0 Å². The van der Waals surface area contributed by atoms with Gasteiger partial charge in [-0.25, -0.2) is 0 Å². The second-order valence-corrected chi connectivity index (χ2v) is 4.58. The summed E-state index contributed by atoms with van der Waals surface area (Å²) < 4.78 is 36.6. The van der Waals surface area contributed by atoms with Gasteiger partial charge < -0.3 is 0 Å². The second-order valence-electron chi connectivity index (χ2n) is 4.58. The van der Waals surface area contributed by atoms with E-state index in [-0.39, 0.29) is 0 Å². The Morgan fingerprint density at radius 3 is 2.18 bits per heavy atom. The second kappa shape index (κ2) is 5.08. The number of hydrogen-bond acceptors (Lipinski definition) is 1. The largest absolute Gasteiger partial charge is 0.401 e. The van der Waals surface area contributed by atoms with Gasteiger partial charge in [0.25, 0.3) is 0 Å². The number of halogens is 3. The van der Waals surface area contributed by atoms with Gasteiger partial charge >= 0.3 is 6.18 Å². The van der Waals surface area contributed by atoms with Gasteiger partial charge in [-0.15, -0.1) is 0 Å². The first-order valence-corrected chi connectivity index (χ1v) is 5.51. The van der Waals surface area contributed by atoms with Crippen LogP contribution in [0.4, 0.5) is 13.2 Å². The van der Waals surface area contributed by atoms with Crippen molar-refractivity contribution in [1.29, 1.82) is 0 Å². The highest BCUT2D eigenvalue weighted by atomic mass is 19.4. The molecular formula is C13H18F3N. The fourth-order valence-electron chi connectivity index (χ4n) is 1.84. The highest BCUT2D eigenvalue weighted by Gasteiger charge is 2.29. The Bertz CT molecular complexity index is 396. The summed E-state index contributed by atoms with van der Waals surface area (Å²) in [5.41, 5.74) is 4.37. The van der Waals surface area contributed by atoms with Crippen molar-refractivity contribution < 1.29 is 13.2 Å². The summed E-state index contributed by atoms with van der Waals surface area (Å²) in [6, 6.07) is 3.86. The summed E-state index contributed by atoms with van der Waals surface area (Å²) >= 11 is 0. The molecule has 0 aliphatic rings. The first-order chi connectivity index (χ1) is 7.70. The van der Waals surface area contributed by atoms with Crippen LogP contribution in [0.1, 0.15) is 22.3 Å². The Kier molecular flexibility index (Phi) is 4.20. The molecule has 0 aromatic heterocycles. The van der Waals surface area contributed by atoms with Gasteiger partial charge in [0.15, 0.2) is 0 Å². The van der Waals surface area contributed by atoms with Gasteiger partial charge in [-0.3, -0.25) is 4.90 Å². The van der Waals surface area contributed by atoms with E-state index in [1.54, 1.807) is 0 Å². The van der Waals surface area contributed by atoms with Gasteiger partial charge in [-0.1, -0.05) is 12.1 Å². The SMILES string of the molecule is Cc1ccc(CN(C)CC(F)(F)F)c(C)c1C. The van der Waals surface area contributed by atoms with Crippen LogP contribution >= 0.6 is 0 Å². The van der Waals surface area contributed by atoms with E-state index in [4.69, 9.17) is 0 Å². The average molecular weight is 245 g/mol. The van der Waals surface area contributed by atoms with Crippen LogP contribution in [0.25, 0.3) is 0 Å². The van der Waals surface area contributed by atoms with Crippen molar-refractivity contribution in [3.05, 3.63) is 34.4 Å². The number of aryl methyl sites for hydroxylation is 1. The van der Waals surface area contributed by atoms with Crippen molar-refractivity contribution in [1.82, 2.24) is 4.90 Å². The fourth-order valence-corrected chi connectivity index (χ4v) is 1.84. The van der Waals surface area contributed by atoms with Gasteiger partial charge in [0.2, 0.25) is 0 Å². The van der Waals surface area contributed by atoms with Crippen molar-refractivity contribution in [3.63, 3.8) is 0 Å². The van der Waals surface area contributed by atoms with E-state index in [1.165, 1.54) is 17.5 Å². The molecule has 1 aromatic rings. The number of hydrogen-bond donors (Lipinski definition) is 0. The molecule has 0 amide bonds. The lowest BCUT2D eigenvalue weighted by molar-refractivity contribution is -0.144. The highest BCUT2D eigenvalue weighted by molar-refractivity contribution is 5.38. The first kappa shape index (κ1) is 14.0. The monoisotopic (exact) mass is 245 g/mol. The number of benzene rings is 1. The third kappa shape index (κ3) is 4.04. The highest BCUT2D eigenvalue weighted by Crippen LogP contribution is 2.21. The first-order valence-electron chi connectivity index (χ1n) is 5.51. The lowest BCUT2D eigenvalue weighted by Gasteiger charge is -2.20. The molecule has 0 spiro atoms. The molecule has 1 rings (SSSR count). The van der Waals surface area contributed by atoms with Crippen LogP contribution in [0.2, 0.25) is 0 Å². The summed E-state index contributed by atoms with van der Waals surface area (Å²) in [5, 5.41) is 0. The molecule has 0 saturated heterocycles. The Hall–Kier alpha value is -1.03.